The van der Waals surface area contributed by atoms with E-state index in [0.29, 0.717) is 24.3 Å². The largest absolute Gasteiger partial charge is 0.351 e. The van der Waals surface area contributed by atoms with Crippen LogP contribution in [-0.4, -0.2) is 29.1 Å². The Bertz CT molecular complexity index is 699. The third-order valence-electron chi connectivity index (χ3n) is 3.95. The van der Waals surface area contributed by atoms with Gasteiger partial charge in [0.05, 0.1) is 5.69 Å². The fraction of sp³-hybridized carbons (Fsp3) is 0.375. The van der Waals surface area contributed by atoms with E-state index in [1.807, 2.05) is 0 Å². The molecule has 1 aliphatic heterocycles. The first-order chi connectivity index (χ1) is 10.5. The van der Waals surface area contributed by atoms with Crippen LogP contribution in [0.5, 0.6) is 0 Å². The van der Waals surface area contributed by atoms with Crippen molar-refractivity contribution in [3.05, 3.63) is 52.9 Å². The smallest absolute Gasteiger partial charge is 0.292 e. The molecule has 1 aromatic heterocycles. The highest BCUT2D eigenvalue weighted by Crippen LogP contribution is 2.30. The van der Waals surface area contributed by atoms with E-state index in [-0.39, 0.29) is 17.6 Å². The second kappa shape index (κ2) is 5.87. The quantitative estimate of drug-likeness (QED) is 0.855. The summed E-state index contributed by atoms with van der Waals surface area (Å²) in [6.07, 6.45) is 1.46. The van der Waals surface area contributed by atoms with E-state index in [2.05, 4.69) is 5.16 Å². The Morgan fingerprint density at radius 1 is 1.36 bits per heavy atom. The Labute approximate surface area is 126 Å². The first kappa shape index (κ1) is 14.7. The van der Waals surface area contributed by atoms with Gasteiger partial charge in [0.1, 0.15) is 11.6 Å². The van der Waals surface area contributed by atoms with E-state index < -0.39 is 11.6 Å². The summed E-state index contributed by atoms with van der Waals surface area (Å²) < 4.78 is 32.3. The number of nitrogens with zero attached hydrogens (tertiary/aromatic N) is 2. The van der Waals surface area contributed by atoms with E-state index in [4.69, 9.17) is 4.52 Å². The molecular weight excluding hydrogens is 290 g/mol. The topological polar surface area (TPSA) is 46.3 Å². The molecule has 2 heterocycles. The van der Waals surface area contributed by atoms with E-state index in [9.17, 15) is 13.6 Å². The number of hydrogen-bond donors (Lipinski definition) is 0. The average Bonchev–Trinajstić information content (AvgIpc) is 2.95. The van der Waals surface area contributed by atoms with Gasteiger partial charge >= 0.3 is 0 Å². The van der Waals surface area contributed by atoms with Crippen molar-refractivity contribution in [2.45, 2.75) is 25.7 Å². The predicted molar refractivity (Wildman–Crippen MR) is 75.5 cm³/mol. The van der Waals surface area contributed by atoms with Crippen LogP contribution in [0.1, 0.15) is 40.6 Å². The van der Waals surface area contributed by atoms with Gasteiger partial charge in [-0.15, -0.1) is 0 Å². The van der Waals surface area contributed by atoms with Gasteiger partial charge in [-0.2, -0.15) is 0 Å². The van der Waals surface area contributed by atoms with Crippen LogP contribution in [0.4, 0.5) is 8.78 Å². The van der Waals surface area contributed by atoms with E-state index >= 15 is 0 Å². The summed E-state index contributed by atoms with van der Waals surface area (Å²) in [6.45, 7) is 2.66. The lowest BCUT2D eigenvalue weighted by Crippen LogP contribution is -2.39. The Balaban J connectivity index is 1.79. The fourth-order valence-electron chi connectivity index (χ4n) is 2.86. The van der Waals surface area contributed by atoms with E-state index in [1.165, 1.54) is 6.07 Å². The van der Waals surface area contributed by atoms with Crippen molar-refractivity contribution in [2.75, 3.05) is 13.1 Å². The second-order valence-electron chi connectivity index (χ2n) is 5.59. The molecule has 1 aromatic carbocycles. The van der Waals surface area contributed by atoms with Crippen molar-refractivity contribution in [2.24, 2.45) is 0 Å². The molecule has 1 fully saturated rings. The lowest BCUT2D eigenvalue weighted by Gasteiger charge is -2.32. The number of benzene rings is 1. The fourth-order valence-corrected chi connectivity index (χ4v) is 2.86. The molecule has 4 nitrogen and oxygen atoms in total. The van der Waals surface area contributed by atoms with Crippen molar-refractivity contribution < 1.29 is 18.1 Å². The van der Waals surface area contributed by atoms with Gasteiger partial charge in [0.2, 0.25) is 5.76 Å². The summed E-state index contributed by atoms with van der Waals surface area (Å²) >= 11 is 0. The monoisotopic (exact) mass is 306 g/mol. The van der Waals surface area contributed by atoms with Crippen LogP contribution in [0.15, 0.2) is 28.8 Å². The highest BCUT2D eigenvalue weighted by atomic mass is 19.1. The van der Waals surface area contributed by atoms with Crippen LogP contribution < -0.4 is 0 Å². The number of aryl methyl sites for hydroxylation is 1. The normalized spacial score (nSPS) is 18.5. The number of piperidine rings is 1. The minimum Gasteiger partial charge on any atom is -0.351 e. The molecule has 6 heteroatoms. The molecule has 1 amide bonds. The van der Waals surface area contributed by atoms with Crippen molar-refractivity contribution in [1.82, 2.24) is 10.1 Å². The zero-order valence-corrected chi connectivity index (χ0v) is 12.2. The molecule has 0 spiro atoms. The van der Waals surface area contributed by atoms with Crippen molar-refractivity contribution >= 4 is 5.91 Å². The molecule has 116 valence electrons. The molecule has 2 aromatic rings. The van der Waals surface area contributed by atoms with Gasteiger partial charge in [0.15, 0.2) is 0 Å². The molecular formula is C16H16F2N2O2. The molecule has 1 atom stereocenters. The van der Waals surface area contributed by atoms with Gasteiger partial charge in [-0.25, -0.2) is 8.78 Å². The molecule has 22 heavy (non-hydrogen) atoms. The predicted octanol–water partition coefficient (Wildman–Crippen LogP) is 3.28. The highest BCUT2D eigenvalue weighted by molar-refractivity contribution is 5.91. The first-order valence-corrected chi connectivity index (χ1v) is 7.22. The molecule has 0 saturated carbocycles. The van der Waals surface area contributed by atoms with Gasteiger partial charge in [0.25, 0.3) is 5.91 Å². The van der Waals surface area contributed by atoms with Gasteiger partial charge in [-0.1, -0.05) is 5.16 Å². The third kappa shape index (κ3) is 2.86. The molecule has 0 bridgehead atoms. The van der Waals surface area contributed by atoms with Crippen LogP contribution in [0, 0.1) is 18.6 Å². The second-order valence-corrected chi connectivity index (χ2v) is 5.59. The van der Waals surface area contributed by atoms with E-state index in [1.54, 1.807) is 17.9 Å². The Hall–Kier alpha value is -2.24. The summed E-state index contributed by atoms with van der Waals surface area (Å²) in [6, 6.07) is 5.02. The third-order valence-corrected chi connectivity index (χ3v) is 3.95. The van der Waals surface area contributed by atoms with Crippen LogP contribution in [0.2, 0.25) is 0 Å². The number of carbonyl (C=O) groups is 1. The maximum atomic E-state index is 13.9. The number of amides is 1. The standard InChI is InChI=1S/C16H16F2N2O2/c1-10-7-15(22-19-10)16(21)20-6-2-3-11(9-20)13-8-12(17)4-5-14(13)18/h4-5,7-8,11H,2-3,6,9H2,1H3/t11-/m0/s1. The van der Waals surface area contributed by atoms with Gasteiger partial charge in [-0.05, 0) is 43.5 Å². The van der Waals surface area contributed by atoms with Crippen LogP contribution in [0.3, 0.4) is 0 Å². The van der Waals surface area contributed by atoms with Crippen molar-refractivity contribution in [3.8, 4) is 0 Å². The summed E-state index contributed by atoms with van der Waals surface area (Å²) in [5.74, 6) is -1.20. The lowest BCUT2D eigenvalue weighted by atomic mass is 9.90. The number of halogens is 2. The summed E-state index contributed by atoms with van der Waals surface area (Å²) in [5.41, 5.74) is 0.958. The number of aromatic nitrogens is 1. The minimum absolute atomic E-state index is 0.179. The lowest BCUT2D eigenvalue weighted by molar-refractivity contribution is 0.0663. The zero-order valence-electron chi connectivity index (χ0n) is 12.2. The SMILES string of the molecule is Cc1cc(C(=O)N2CCC[C@H](c3cc(F)ccc3F)C2)on1. The van der Waals surface area contributed by atoms with Gasteiger partial charge in [-0.3, -0.25) is 4.79 Å². The Kier molecular flexibility index (Phi) is 3.92. The van der Waals surface area contributed by atoms with E-state index in [0.717, 1.165) is 25.0 Å². The van der Waals surface area contributed by atoms with Crippen molar-refractivity contribution in [3.63, 3.8) is 0 Å². The molecule has 1 saturated heterocycles. The van der Waals surface area contributed by atoms with Crippen LogP contribution in [0.25, 0.3) is 0 Å². The van der Waals surface area contributed by atoms with Gasteiger partial charge < -0.3 is 9.42 Å². The number of hydrogen-bond acceptors (Lipinski definition) is 3. The molecule has 0 unspecified atom stereocenters. The molecule has 0 N–H and O–H groups in total. The maximum absolute atomic E-state index is 13.9. The van der Waals surface area contributed by atoms with Crippen LogP contribution in [-0.2, 0) is 0 Å². The maximum Gasteiger partial charge on any atom is 0.292 e. The number of likely N-dealkylation sites (tertiary alicyclic amines) is 1. The first-order valence-electron chi connectivity index (χ1n) is 7.22. The Morgan fingerprint density at radius 2 is 2.18 bits per heavy atom. The highest BCUT2D eigenvalue weighted by Gasteiger charge is 2.29. The zero-order chi connectivity index (χ0) is 15.7. The molecule has 1 aliphatic rings. The minimum atomic E-state index is -0.467. The summed E-state index contributed by atoms with van der Waals surface area (Å²) in [5, 5.41) is 3.70. The molecule has 3 rings (SSSR count). The van der Waals surface area contributed by atoms with Gasteiger partial charge in [0, 0.05) is 25.1 Å². The van der Waals surface area contributed by atoms with Crippen molar-refractivity contribution in [1.29, 1.82) is 0 Å². The Morgan fingerprint density at radius 3 is 2.91 bits per heavy atom. The van der Waals surface area contributed by atoms with Crippen LogP contribution >= 0.6 is 0 Å². The number of carbonyl (C=O) groups excluding carboxylic acids is 1. The molecule has 0 aliphatic carbocycles. The molecule has 0 radical (unpaired) electrons. The summed E-state index contributed by atoms with van der Waals surface area (Å²) in [7, 11) is 0. The average molecular weight is 306 g/mol. The number of rotatable bonds is 2. The summed E-state index contributed by atoms with van der Waals surface area (Å²) in [4.78, 5) is 14.0.